The molecule has 1 aliphatic heterocycles. The van der Waals surface area contributed by atoms with Crippen molar-refractivity contribution in [2.24, 2.45) is 5.92 Å². The maximum Gasteiger partial charge on any atom is 0.311 e. The normalized spacial score (nSPS) is 16.3. The number of carbonyl (C=O) groups excluding carboxylic acids is 2. The molecule has 1 unspecified atom stereocenters. The summed E-state index contributed by atoms with van der Waals surface area (Å²) in [6.45, 7) is 2.17. The summed E-state index contributed by atoms with van der Waals surface area (Å²) in [5.41, 5.74) is 3.08. The molecule has 0 saturated carbocycles. The van der Waals surface area contributed by atoms with Gasteiger partial charge in [-0.1, -0.05) is 35.0 Å². The summed E-state index contributed by atoms with van der Waals surface area (Å²) >= 11 is 0. The van der Waals surface area contributed by atoms with Gasteiger partial charge in [0.05, 0.1) is 5.92 Å². The number of hydrogen-bond donors (Lipinski definition) is 0. The van der Waals surface area contributed by atoms with Gasteiger partial charge >= 0.3 is 5.97 Å². The molecule has 0 bridgehead atoms. The molecule has 1 aliphatic rings. The molecular weight excluding hydrogens is 375 g/mol. The minimum atomic E-state index is -0.573. The topological polar surface area (TPSA) is 72.6 Å². The highest BCUT2D eigenvalue weighted by Gasteiger charge is 2.36. The second-order valence-corrected chi connectivity index (χ2v) is 7.04. The Hall–Kier alpha value is -3.48. The van der Waals surface area contributed by atoms with Crippen LogP contribution in [0.15, 0.2) is 59.1 Å². The van der Waals surface area contributed by atoms with Crippen LogP contribution in [0.1, 0.15) is 17.7 Å². The maximum absolute atomic E-state index is 13.1. The van der Waals surface area contributed by atoms with Crippen LogP contribution in [0.25, 0.3) is 11.3 Å². The minimum absolute atomic E-state index is 0.0323. The predicted octanol–water partition coefficient (Wildman–Crippen LogP) is 3.89. The molecule has 0 N–H and O–H groups in total. The van der Waals surface area contributed by atoms with Gasteiger partial charge in [-0.2, -0.15) is 0 Å². The van der Waals surface area contributed by atoms with Gasteiger partial charge in [-0.15, -0.1) is 0 Å². The van der Waals surface area contributed by atoms with Gasteiger partial charge in [-0.05, 0) is 31.2 Å². The summed E-state index contributed by atoms with van der Waals surface area (Å²) in [4.78, 5) is 26.1. The van der Waals surface area contributed by atoms with Crippen LogP contribution >= 0.6 is 0 Å². The molecule has 1 fully saturated rings. The second kappa shape index (κ2) is 7.87. The van der Waals surface area contributed by atoms with Crippen LogP contribution in [-0.4, -0.2) is 23.6 Å². The van der Waals surface area contributed by atoms with Crippen molar-refractivity contribution in [3.05, 3.63) is 71.7 Å². The highest BCUT2D eigenvalue weighted by atomic mass is 19.1. The Bertz CT molecular complexity index is 1030. The van der Waals surface area contributed by atoms with Crippen LogP contribution in [0.4, 0.5) is 10.1 Å². The fraction of sp³-hybridized carbons (Fsp3) is 0.227. The number of ether oxygens (including phenoxy) is 1. The SMILES string of the molecule is Cc1ccc(-c2cc(COC(=O)C3CC(=O)N(c4ccc(F)cc4)C3)no2)cc1. The predicted molar refractivity (Wildman–Crippen MR) is 103 cm³/mol. The number of aryl methyl sites for hydroxylation is 1. The van der Waals surface area contributed by atoms with E-state index in [0.29, 0.717) is 17.1 Å². The summed E-state index contributed by atoms with van der Waals surface area (Å²) in [7, 11) is 0. The maximum atomic E-state index is 13.1. The fourth-order valence-corrected chi connectivity index (χ4v) is 3.23. The lowest BCUT2D eigenvalue weighted by Crippen LogP contribution is -2.26. The monoisotopic (exact) mass is 394 g/mol. The van der Waals surface area contributed by atoms with E-state index in [-0.39, 0.29) is 31.3 Å². The summed E-state index contributed by atoms with van der Waals surface area (Å²) < 4.78 is 23.7. The second-order valence-electron chi connectivity index (χ2n) is 7.04. The molecular formula is C22H19FN2O4. The molecule has 6 nitrogen and oxygen atoms in total. The van der Waals surface area contributed by atoms with Crippen LogP contribution in [0.5, 0.6) is 0 Å². The molecule has 2 aromatic carbocycles. The van der Waals surface area contributed by atoms with Gasteiger partial charge in [0.2, 0.25) is 5.91 Å². The Morgan fingerprint density at radius 1 is 1.21 bits per heavy atom. The molecule has 148 valence electrons. The summed E-state index contributed by atoms with van der Waals surface area (Å²) in [5, 5.41) is 3.93. The van der Waals surface area contributed by atoms with E-state index in [0.717, 1.165) is 11.1 Å². The zero-order valence-electron chi connectivity index (χ0n) is 15.8. The third-order valence-electron chi connectivity index (χ3n) is 4.85. The van der Waals surface area contributed by atoms with Crippen molar-refractivity contribution in [2.75, 3.05) is 11.4 Å². The van der Waals surface area contributed by atoms with Crippen molar-refractivity contribution in [3.8, 4) is 11.3 Å². The Labute approximate surface area is 166 Å². The van der Waals surface area contributed by atoms with E-state index in [2.05, 4.69) is 5.16 Å². The van der Waals surface area contributed by atoms with Gasteiger partial charge in [0, 0.05) is 30.3 Å². The van der Waals surface area contributed by atoms with E-state index in [1.54, 1.807) is 6.07 Å². The van der Waals surface area contributed by atoms with Crippen LogP contribution in [0.3, 0.4) is 0 Å². The standard InChI is InChI=1S/C22H19FN2O4/c1-14-2-4-15(5-3-14)20-11-18(24-29-20)13-28-22(27)16-10-21(26)25(12-16)19-8-6-17(23)7-9-19/h2-9,11,16H,10,12-13H2,1H3. The quantitative estimate of drug-likeness (QED) is 0.614. The van der Waals surface area contributed by atoms with Crippen molar-refractivity contribution < 1.29 is 23.2 Å². The van der Waals surface area contributed by atoms with E-state index < -0.39 is 11.9 Å². The average molecular weight is 394 g/mol. The van der Waals surface area contributed by atoms with Gasteiger partial charge in [0.15, 0.2) is 5.76 Å². The molecule has 3 aromatic rings. The minimum Gasteiger partial charge on any atom is -0.459 e. The van der Waals surface area contributed by atoms with E-state index in [4.69, 9.17) is 9.26 Å². The van der Waals surface area contributed by atoms with Gasteiger partial charge in [-0.25, -0.2) is 4.39 Å². The number of nitrogens with zero attached hydrogens (tertiary/aromatic N) is 2. The fourth-order valence-electron chi connectivity index (χ4n) is 3.23. The molecule has 1 amide bonds. The highest BCUT2D eigenvalue weighted by Crippen LogP contribution is 2.26. The van der Waals surface area contributed by atoms with Crippen LogP contribution < -0.4 is 4.90 Å². The highest BCUT2D eigenvalue weighted by molar-refractivity contribution is 5.99. The first-order valence-corrected chi connectivity index (χ1v) is 9.25. The van der Waals surface area contributed by atoms with E-state index in [1.165, 1.54) is 29.2 Å². The summed E-state index contributed by atoms with van der Waals surface area (Å²) in [6.07, 6.45) is 0.0592. The Balaban J connectivity index is 1.35. The van der Waals surface area contributed by atoms with E-state index in [9.17, 15) is 14.0 Å². The molecule has 1 saturated heterocycles. The first-order chi connectivity index (χ1) is 14.0. The number of amides is 1. The Morgan fingerprint density at radius 2 is 1.93 bits per heavy atom. The number of anilines is 1. The van der Waals surface area contributed by atoms with Crippen LogP contribution in [0.2, 0.25) is 0 Å². The lowest BCUT2D eigenvalue weighted by molar-refractivity contribution is -0.149. The van der Waals surface area contributed by atoms with Crippen molar-refractivity contribution in [3.63, 3.8) is 0 Å². The van der Waals surface area contributed by atoms with Gasteiger partial charge in [-0.3, -0.25) is 9.59 Å². The third kappa shape index (κ3) is 4.18. The first-order valence-electron chi connectivity index (χ1n) is 9.25. The molecule has 0 aliphatic carbocycles. The third-order valence-corrected chi connectivity index (χ3v) is 4.85. The van der Waals surface area contributed by atoms with Crippen molar-refractivity contribution in [1.82, 2.24) is 5.16 Å². The number of hydrogen-bond acceptors (Lipinski definition) is 5. The molecule has 4 rings (SSSR count). The van der Waals surface area contributed by atoms with Crippen LogP contribution in [0, 0.1) is 18.7 Å². The molecule has 29 heavy (non-hydrogen) atoms. The largest absolute Gasteiger partial charge is 0.459 e. The molecule has 0 spiro atoms. The van der Waals surface area contributed by atoms with Gasteiger partial charge < -0.3 is 14.2 Å². The molecule has 1 atom stereocenters. The Morgan fingerprint density at radius 3 is 2.66 bits per heavy atom. The number of carbonyl (C=O) groups is 2. The number of benzene rings is 2. The van der Waals surface area contributed by atoms with Gasteiger partial charge in [0.1, 0.15) is 18.1 Å². The zero-order chi connectivity index (χ0) is 20.4. The number of aromatic nitrogens is 1. The summed E-state index contributed by atoms with van der Waals surface area (Å²) in [5.74, 6) is -1.02. The van der Waals surface area contributed by atoms with E-state index in [1.807, 2.05) is 31.2 Å². The van der Waals surface area contributed by atoms with E-state index >= 15 is 0 Å². The van der Waals surface area contributed by atoms with Crippen molar-refractivity contribution in [2.45, 2.75) is 20.0 Å². The molecule has 1 aromatic heterocycles. The molecule has 2 heterocycles. The lowest BCUT2D eigenvalue weighted by atomic mass is 10.1. The molecule has 0 radical (unpaired) electrons. The number of halogens is 1. The average Bonchev–Trinajstić information content (AvgIpc) is 3.34. The summed E-state index contributed by atoms with van der Waals surface area (Å²) in [6, 6.07) is 15.1. The van der Waals surface area contributed by atoms with Gasteiger partial charge in [0.25, 0.3) is 0 Å². The number of rotatable bonds is 5. The zero-order valence-corrected chi connectivity index (χ0v) is 15.8. The van der Waals surface area contributed by atoms with Crippen LogP contribution in [-0.2, 0) is 20.9 Å². The first kappa shape index (κ1) is 18.9. The van der Waals surface area contributed by atoms with Crippen molar-refractivity contribution >= 4 is 17.6 Å². The smallest absolute Gasteiger partial charge is 0.311 e. The lowest BCUT2D eigenvalue weighted by Gasteiger charge is -2.16. The number of esters is 1. The molecule has 7 heteroatoms. The van der Waals surface area contributed by atoms with Crippen molar-refractivity contribution in [1.29, 1.82) is 0 Å². The Kier molecular flexibility index (Phi) is 5.12.